The van der Waals surface area contributed by atoms with Gasteiger partial charge in [0, 0.05) is 24.2 Å². The summed E-state index contributed by atoms with van der Waals surface area (Å²) >= 11 is 0. The summed E-state index contributed by atoms with van der Waals surface area (Å²) in [4.78, 5) is 16.1. The van der Waals surface area contributed by atoms with E-state index >= 15 is 0 Å². The van der Waals surface area contributed by atoms with Crippen LogP contribution in [0.15, 0.2) is 36.9 Å². The number of benzene rings is 1. The van der Waals surface area contributed by atoms with Gasteiger partial charge in [-0.05, 0) is 31.9 Å². The van der Waals surface area contributed by atoms with E-state index in [1.165, 1.54) is 6.33 Å². The van der Waals surface area contributed by atoms with Crippen molar-refractivity contribution in [2.24, 2.45) is 0 Å². The van der Waals surface area contributed by atoms with E-state index in [1.54, 1.807) is 11.0 Å². The lowest BCUT2D eigenvalue weighted by Gasteiger charge is -2.20. The number of carbonyl (C=O) groups is 1. The predicted octanol–water partition coefficient (Wildman–Crippen LogP) is 2.24. The summed E-state index contributed by atoms with van der Waals surface area (Å²) in [6.45, 7) is 6.90. The first-order chi connectivity index (χ1) is 11.1. The molecule has 0 saturated carbocycles. The third-order valence-electron chi connectivity index (χ3n) is 3.66. The van der Waals surface area contributed by atoms with Gasteiger partial charge in [-0.25, -0.2) is 4.98 Å². The number of nitrogens with one attached hydrogen (secondary N) is 2. The van der Waals surface area contributed by atoms with Crippen molar-refractivity contribution in [2.75, 3.05) is 5.32 Å². The highest BCUT2D eigenvalue weighted by Crippen LogP contribution is 2.15. The van der Waals surface area contributed by atoms with E-state index < -0.39 is 0 Å². The van der Waals surface area contributed by atoms with Crippen molar-refractivity contribution < 1.29 is 4.79 Å². The summed E-state index contributed by atoms with van der Waals surface area (Å²) in [5, 5.41) is 10.5. The van der Waals surface area contributed by atoms with Gasteiger partial charge >= 0.3 is 0 Å². The first kappa shape index (κ1) is 17.1. The molecule has 2 aromatic rings. The molecule has 6 heteroatoms. The first-order valence-corrected chi connectivity index (χ1v) is 8.04. The van der Waals surface area contributed by atoms with Gasteiger partial charge in [-0.15, -0.1) is 0 Å². The molecule has 0 aliphatic heterocycles. The van der Waals surface area contributed by atoms with E-state index in [1.807, 2.05) is 31.2 Å². The van der Waals surface area contributed by atoms with Gasteiger partial charge in [0.25, 0.3) is 0 Å². The highest BCUT2D eigenvalue weighted by atomic mass is 16.1. The molecule has 1 aromatic heterocycles. The highest BCUT2D eigenvalue weighted by molar-refractivity contribution is 5.91. The zero-order valence-electron chi connectivity index (χ0n) is 14.0. The molecule has 1 heterocycles. The second-order valence-corrected chi connectivity index (χ2v) is 5.85. The van der Waals surface area contributed by atoms with Gasteiger partial charge in [-0.2, -0.15) is 5.10 Å². The second-order valence-electron chi connectivity index (χ2n) is 5.85. The standard InChI is InChI=1S/C17H25N5O/c1-4-15-7-5-6-8-16(15)21-17(23)9-13(2)20-14(3)10-22-12-18-11-19-22/h5-8,11-14,20H,4,9-10H2,1-3H3,(H,21,23)/t13-,14+/m1/s1. The van der Waals surface area contributed by atoms with E-state index in [0.29, 0.717) is 6.42 Å². The number of anilines is 1. The molecule has 6 nitrogen and oxygen atoms in total. The van der Waals surface area contributed by atoms with Crippen LogP contribution in [-0.2, 0) is 17.8 Å². The summed E-state index contributed by atoms with van der Waals surface area (Å²) in [5.41, 5.74) is 2.06. The molecule has 2 rings (SSSR count). The molecule has 0 radical (unpaired) electrons. The number of aryl methyl sites for hydroxylation is 1. The Balaban J connectivity index is 1.80. The maximum atomic E-state index is 12.2. The third-order valence-corrected chi connectivity index (χ3v) is 3.66. The Morgan fingerprint density at radius 1 is 1.26 bits per heavy atom. The number of amides is 1. The van der Waals surface area contributed by atoms with Crippen LogP contribution in [0.4, 0.5) is 5.69 Å². The van der Waals surface area contributed by atoms with Gasteiger partial charge in [0.1, 0.15) is 12.7 Å². The maximum absolute atomic E-state index is 12.2. The van der Waals surface area contributed by atoms with Gasteiger partial charge < -0.3 is 10.6 Å². The van der Waals surface area contributed by atoms with Gasteiger partial charge in [0.05, 0.1) is 6.54 Å². The smallest absolute Gasteiger partial charge is 0.225 e. The molecule has 124 valence electrons. The minimum absolute atomic E-state index is 0.0267. The molecule has 1 amide bonds. The molecule has 23 heavy (non-hydrogen) atoms. The van der Waals surface area contributed by atoms with Crippen LogP contribution in [0.3, 0.4) is 0 Å². The average Bonchev–Trinajstić information content (AvgIpc) is 3.00. The zero-order chi connectivity index (χ0) is 16.7. The van der Waals surface area contributed by atoms with E-state index in [-0.39, 0.29) is 18.0 Å². The van der Waals surface area contributed by atoms with Crippen LogP contribution in [0.25, 0.3) is 0 Å². The molecule has 0 spiro atoms. The molecule has 0 aliphatic rings. The Bertz CT molecular complexity index is 611. The summed E-state index contributed by atoms with van der Waals surface area (Å²) in [5.74, 6) is 0.0267. The molecule has 0 aliphatic carbocycles. The van der Waals surface area contributed by atoms with Crippen LogP contribution in [0.1, 0.15) is 32.8 Å². The Kier molecular flexibility index (Phi) is 6.29. The van der Waals surface area contributed by atoms with Crippen molar-refractivity contribution in [1.82, 2.24) is 20.1 Å². The Labute approximate surface area is 137 Å². The molecule has 0 bridgehead atoms. The molecule has 0 unspecified atom stereocenters. The molecular weight excluding hydrogens is 290 g/mol. The fourth-order valence-electron chi connectivity index (χ4n) is 2.63. The van der Waals surface area contributed by atoms with Crippen molar-refractivity contribution in [3.63, 3.8) is 0 Å². The molecular formula is C17H25N5O. The lowest BCUT2D eigenvalue weighted by Crippen LogP contribution is -2.39. The SMILES string of the molecule is CCc1ccccc1NC(=O)C[C@@H](C)N[C@@H](C)Cn1cncn1. The van der Waals surface area contributed by atoms with Crippen LogP contribution < -0.4 is 10.6 Å². The number of carbonyl (C=O) groups excluding carboxylic acids is 1. The number of aromatic nitrogens is 3. The second kappa shape index (κ2) is 8.43. The van der Waals surface area contributed by atoms with Crippen LogP contribution in [0.2, 0.25) is 0 Å². The van der Waals surface area contributed by atoms with Crippen molar-refractivity contribution in [1.29, 1.82) is 0 Å². The van der Waals surface area contributed by atoms with E-state index in [0.717, 1.165) is 24.2 Å². The van der Waals surface area contributed by atoms with E-state index in [4.69, 9.17) is 0 Å². The van der Waals surface area contributed by atoms with E-state index in [9.17, 15) is 4.79 Å². The number of hydrogen-bond donors (Lipinski definition) is 2. The summed E-state index contributed by atoms with van der Waals surface area (Å²) in [7, 11) is 0. The van der Waals surface area contributed by atoms with Crippen LogP contribution in [0, 0.1) is 0 Å². The maximum Gasteiger partial charge on any atom is 0.225 e. The fraction of sp³-hybridized carbons (Fsp3) is 0.471. The Morgan fingerprint density at radius 2 is 2.04 bits per heavy atom. The monoisotopic (exact) mass is 315 g/mol. The van der Waals surface area contributed by atoms with Crippen molar-refractivity contribution in [2.45, 2.75) is 52.2 Å². The van der Waals surface area contributed by atoms with Crippen molar-refractivity contribution in [3.05, 3.63) is 42.5 Å². The lowest BCUT2D eigenvalue weighted by atomic mass is 10.1. The summed E-state index contributed by atoms with van der Waals surface area (Å²) < 4.78 is 1.78. The minimum atomic E-state index is 0.0267. The quantitative estimate of drug-likeness (QED) is 0.783. The van der Waals surface area contributed by atoms with E-state index in [2.05, 4.69) is 34.6 Å². The number of nitrogens with zero attached hydrogens (tertiary/aromatic N) is 3. The Morgan fingerprint density at radius 3 is 2.74 bits per heavy atom. The van der Waals surface area contributed by atoms with Crippen molar-refractivity contribution in [3.8, 4) is 0 Å². The van der Waals surface area contributed by atoms with Crippen LogP contribution >= 0.6 is 0 Å². The number of para-hydroxylation sites is 1. The molecule has 0 saturated heterocycles. The number of rotatable bonds is 8. The first-order valence-electron chi connectivity index (χ1n) is 8.04. The molecule has 1 aromatic carbocycles. The predicted molar refractivity (Wildman–Crippen MR) is 91.1 cm³/mol. The fourth-order valence-corrected chi connectivity index (χ4v) is 2.63. The number of hydrogen-bond acceptors (Lipinski definition) is 4. The van der Waals surface area contributed by atoms with Crippen LogP contribution in [0.5, 0.6) is 0 Å². The van der Waals surface area contributed by atoms with Gasteiger partial charge in [-0.1, -0.05) is 25.1 Å². The third kappa shape index (κ3) is 5.49. The van der Waals surface area contributed by atoms with Gasteiger partial charge in [0.15, 0.2) is 0 Å². The zero-order valence-corrected chi connectivity index (χ0v) is 14.0. The lowest BCUT2D eigenvalue weighted by molar-refractivity contribution is -0.116. The summed E-state index contributed by atoms with van der Waals surface area (Å²) in [6, 6.07) is 8.21. The Hall–Kier alpha value is -2.21. The van der Waals surface area contributed by atoms with Crippen molar-refractivity contribution >= 4 is 11.6 Å². The van der Waals surface area contributed by atoms with Gasteiger partial charge in [-0.3, -0.25) is 9.48 Å². The van der Waals surface area contributed by atoms with Crippen LogP contribution in [-0.4, -0.2) is 32.8 Å². The normalized spacial score (nSPS) is 13.5. The molecule has 2 atom stereocenters. The minimum Gasteiger partial charge on any atom is -0.326 e. The topological polar surface area (TPSA) is 71.8 Å². The molecule has 2 N–H and O–H groups in total. The summed E-state index contributed by atoms with van der Waals surface area (Å²) in [6.07, 6.45) is 4.55. The molecule has 0 fully saturated rings. The van der Waals surface area contributed by atoms with Gasteiger partial charge in [0.2, 0.25) is 5.91 Å². The largest absolute Gasteiger partial charge is 0.326 e. The highest BCUT2D eigenvalue weighted by Gasteiger charge is 2.13. The average molecular weight is 315 g/mol.